The third-order valence-electron chi connectivity index (χ3n) is 3.95. The van der Waals surface area contributed by atoms with E-state index < -0.39 is 0 Å². The number of β-amino-alcohol motifs (C(OH)–C–C–N with tert-alkyl or cyclic N) is 1. The third kappa shape index (κ3) is 5.68. The summed E-state index contributed by atoms with van der Waals surface area (Å²) in [6.45, 7) is 12.6. The van der Waals surface area contributed by atoms with E-state index in [9.17, 15) is 5.11 Å². The summed E-state index contributed by atoms with van der Waals surface area (Å²) in [5.74, 6) is 0.463. The van der Waals surface area contributed by atoms with E-state index in [2.05, 4.69) is 32.6 Å². The molecule has 1 rings (SSSR count). The van der Waals surface area contributed by atoms with Gasteiger partial charge in [0.1, 0.15) is 0 Å². The van der Waals surface area contributed by atoms with Crippen molar-refractivity contribution in [2.75, 3.05) is 26.2 Å². The summed E-state index contributed by atoms with van der Waals surface area (Å²) < 4.78 is 5.84. The van der Waals surface area contributed by atoms with Crippen LogP contribution in [-0.2, 0) is 4.74 Å². The van der Waals surface area contributed by atoms with Crippen LogP contribution in [0.1, 0.15) is 53.4 Å². The summed E-state index contributed by atoms with van der Waals surface area (Å²) in [7, 11) is 0. The first-order valence-corrected chi connectivity index (χ1v) is 7.49. The molecule has 1 aliphatic heterocycles. The number of likely N-dealkylation sites (tertiary alicyclic amines) is 1. The van der Waals surface area contributed by atoms with Crippen molar-refractivity contribution in [3.8, 4) is 0 Å². The largest absolute Gasteiger partial charge is 0.392 e. The van der Waals surface area contributed by atoms with Gasteiger partial charge in [-0.15, -0.1) is 0 Å². The lowest BCUT2D eigenvalue weighted by atomic mass is 9.95. The average Bonchev–Trinajstić information content (AvgIpc) is 2.31. The second kappa shape index (κ2) is 7.46. The molecule has 0 radical (unpaired) electrons. The van der Waals surface area contributed by atoms with Crippen LogP contribution in [0.5, 0.6) is 0 Å². The van der Waals surface area contributed by atoms with Gasteiger partial charge < -0.3 is 14.7 Å². The van der Waals surface area contributed by atoms with Crippen LogP contribution in [0.4, 0.5) is 0 Å². The number of ether oxygens (including phenoxy) is 1. The van der Waals surface area contributed by atoms with Crippen molar-refractivity contribution < 1.29 is 9.84 Å². The number of hydrogen-bond donors (Lipinski definition) is 1. The summed E-state index contributed by atoms with van der Waals surface area (Å²) in [5, 5.41) is 9.86. The predicted molar refractivity (Wildman–Crippen MR) is 75.8 cm³/mol. The maximum Gasteiger partial charge on any atom is 0.0693 e. The molecule has 0 saturated carbocycles. The second-order valence-corrected chi connectivity index (χ2v) is 6.35. The van der Waals surface area contributed by atoms with Crippen molar-refractivity contribution >= 4 is 0 Å². The normalized spacial score (nSPS) is 26.5. The first-order valence-electron chi connectivity index (χ1n) is 7.49. The quantitative estimate of drug-likeness (QED) is 0.761. The van der Waals surface area contributed by atoms with Gasteiger partial charge in [-0.25, -0.2) is 0 Å². The molecule has 0 spiro atoms. The summed E-state index contributed by atoms with van der Waals surface area (Å²) in [6.07, 6.45) is 4.31. The highest BCUT2D eigenvalue weighted by atomic mass is 16.5. The van der Waals surface area contributed by atoms with Gasteiger partial charge in [0.15, 0.2) is 0 Å². The monoisotopic (exact) mass is 257 g/mol. The van der Waals surface area contributed by atoms with Crippen LogP contribution in [0, 0.1) is 5.92 Å². The summed E-state index contributed by atoms with van der Waals surface area (Å²) in [5.41, 5.74) is -0.00228. The van der Waals surface area contributed by atoms with Crippen molar-refractivity contribution in [3.05, 3.63) is 0 Å². The summed E-state index contributed by atoms with van der Waals surface area (Å²) in [6, 6.07) is 0. The van der Waals surface area contributed by atoms with Crippen molar-refractivity contribution in [2.45, 2.75) is 65.1 Å². The molecule has 3 heteroatoms. The van der Waals surface area contributed by atoms with E-state index in [4.69, 9.17) is 4.74 Å². The number of hydrogen-bond acceptors (Lipinski definition) is 3. The molecule has 0 aromatic rings. The minimum Gasteiger partial charge on any atom is -0.392 e. The molecular formula is C15H31NO2. The summed E-state index contributed by atoms with van der Waals surface area (Å²) >= 11 is 0. The lowest BCUT2D eigenvalue weighted by Crippen LogP contribution is -2.43. The highest BCUT2D eigenvalue weighted by Crippen LogP contribution is 2.20. The van der Waals surface area contributed by atoms with Gasteiger partial charge in [0.2, 0.25) is 0 Å². The highest BCUT2D eigenvalue weighted by Gasteiger charge is 2.24. The fourth-order valence-electron chi connectivity index (χ4n) is 2.50. The maximum atomic E-state index is 9.86. The molecule has 0 aliphatic carbocycles. The Labute approximate surface area is 113 Å². The Kier molecular flexibility index (Phi) is 6.61. The van der Waals surface area contributed by atoms with E-state index in [0.29, 0.717) is 5.92 Å². The first-order chi connectivity index (χ1) is 8.44. The molecule has 1 fully saturated rings. The Morgan fingerprint density at radius 2 is 2.11 bits per heavy atom. The molecule has 0 bridgehead atoms. The number of aliphatic hydroxyl groups excluding tert-OH is 1. The fraction of sp³-hybridized carbons (Fsp3) is 1.00. The Hall–Kier alpha value is -0.120. The van der Waals surface area contributed by atoms with Crippen molar-refractivity contribution in [3.63, 3.8) is 0 Å². The standard InChI is InChI=1S/C15H31NO2/c1-5-11-18-15(3,4)8-6-9-16-10-7-13(2)14(17)12-16/h13-14,17H,5-12H2,1-4H3/t13-,14-/m0/s1. The van der Waals surface area contributed by atoms with E-state index in [-0.39, 0.29) is 11.7 Å². The topological polar surface area (TPSA) is 32.7 Å². The Balaban J connectivity index is 2.17. The molecule has 3 nitrogen and oxygen atoms in total. The zero-order chi connectivity index (χ0) is 13.6. The van der Waals surface area contributed by atoms with E-state index in [1.807, 2.05) is 0 Å². The van der Waals surface area contributed by atoms with Crippen molar-refractivity contribution in [2.24, 2.45) is 5.92 Å². The molecule has 108 valence electrons. The minimum atomic E-state index is -0.136. The Morgan fingerprint density at radius 1 is 1.39 bits per heavy atom. The Morgan fingerprint density at radius 3 is 2.72 bits per heavy atom. The van der Waals surface area contributed by atoms with Crippen LogP contribution < -0.4 is 0 Å². The zero-order valence-electron chi connectivity index (χ0n) is 12.6. The molecule has 0 unspecified atom stereocenters. The van der Waals surface area contributed by atoms with Crippen LogP contribution in [0.3, 0.4) is 0 Å². The van der Waals surface area contributed by atoms with Crippen LogP contribution in [0.25, 0.3) is 0 Å². The van der Waals surface area contributed by atoms with E-state index in [0.717, 1.165) is 51.9 Å². The van der Waals surface area contributed by atoms with Crippen molar-refractivity contribution in [1.82, 2.24) is 4.90 Å². The van der Waals surface area contributed by atoms with Gasteiger partial charge in [0, 0.05) is 13.2 Å². The Bertz CT molecular complexity index is 231. The molecule has 1 saturated heterocycles. The lowest BCUT2D eigenvalue weighted by Gasteiger charge is -2.35. The van der Waals surface area contributed by atoms with Gasteiger partial charge in [-0.3, -0.25) is 0 Å². The molecular weight excluding hydrogens is 226 g/mol. The van der Waals surface area contributed by atoms with E-state index in [1.54, 1.807) is 0 Å². The second-order valence-electron chi connectivity index (χ2n) is 6.35. The van der Waals surface area contributed by atoms with Crippen molar-refractivity contribution in [1.29, 1.82) is 0 Å². The van der Waals surface area contributed by atoms with Crippen LogP contribution >= 0.6 is 0 Å². The molecule has 1 heterocycles. The maximum absolute atomic E-state index is 9.86. The number of piperidine rings is 1. The molecule has 0 amide bonds. The first kappa shape index (κ1) is 15.9. The average molecular weight is 257 g/mol. The highest BCUT2D eigenvalue weighted by molar-refractivity contribution is 4.78. The number of nitrogens with zero attached hydrogens (tertiary/aromatic N) is 1. The van der Waals surface area contributed by atoms with Gasteiger partial charge in [0.25, 0.3) is 0 Å². The van der Waals surface area contributed by atoms with Gasteiger partial charge in [-0.05, 0) is 58.5 Å². The molecule has 1 aliphatic rings. The van der Waals surface area contributed by atoms with Crippen LogP contribution in [0.15, 0.2) is 0 Å². The van der Waals surface area contributed by atoms with Gasteiger partial charge in [0.05, 0.1) is 11.7 Å². The van der Waals surface area contributed by atoms with Gasteiger partial charge in [-0.1, -0.05) is 13.8 Å². The lowest BCUT2D eigenvalue weighted by molar-refractivity contribution is -0.0280. The third-order valence-corrected chi connectivity index (χ3v) is 3.95. The minimum absolute atomic E-state index is 0.00228. The van der Waals surface area contributed by atoms with E-state index in [1.165, 1.54) is 0 Å². The number of aliphatic hydroxyl groups is 1. The van der Waals surface area contributed by atoms with Crippen LogP contribution in [-0.4, -0.2) is 48.0 Å². The molecule has 1 N–H and O–H groups in total. The predicted octanol–water partition coefficient (Wildman–Crippen LogP) is 2.67. The molecule has 0 aromatic carbocycles. The molecule has 18 heavy (non-hydrogen) atoms. The number of rotatable bonds is 7. The molecule has 0 aromatic heterocycles. The molecule has 2 atom stereocenters. The SMILES string of the molecule is CCCOC(C)(C)CCCN1CC[C@H](C)[C@@H](O)C1. The fourth-order valence-corrected chi connectivity index (χ4v) is 2.50. The van der Waals surface area contributed by atoms with E-state index >= 15 is 0 Å². The van der Waals surface area contributed by atoms with Gasteiger partial charge >= 0.3 is 0 Å². The van der Waals surface area contributed by atoms with Crippen LogP contribution in [0.2, 0.25) is 0 Å². The van der Waals surface area contributed by atoms with Gasteiger partial charge in [-0.2, -0.15) is 0 Å². The summed E-state index contributed by atoms with van der Waals surface area (Å²) in [4.78, 5) is 2.39. The smallest absolute Gasteiger partial charge is 0.0693 e. The zero-order valence-corrected chi connectivity index (χ0v) is 12.6.